The number of halogens is 1. The maximum Gasteiger partial charge on any atom is 0.123 e. The third kappa shape index (κ3) is 3.91. The Morgan fingerprint density at radius 3 is 2.50 bits per heavy atom. The smallest absolute Gasteiger partial charge is 0.123 e. The second-order valence-electron chi connectivity index (χ2n) is 7.13. The number of nitrogens with zero attached hydrogens (tertiary/aromatic N) is 2. The summed E-state index contributed by atoms with van der Waals surface area (Å²) in [6, 6.07) is 15.6. The second kappa shape index (κ2) is 7.92. The minimum absolute atomic E-state index is 0.151. The van der Waals surface area contributed by atoms with E-state index in [1.807, 2.05) is 18.3 Å². The van der Waals surface area contributed by atoms with E-state index < -0.39 is 0 Å². The van der Waals surface area contributed by atoms with Crippen LogP contribution in [0.25, 0.3) is 10.9 Å². The lowest BCUT2D eigenvalue weighted by atomic mass is 10.1. The molecule has 1 saturated heterocycles. The number of aromatic nitrogens is 1. The molecule has 0 saturated carbocycles. The molecule has 26 heavy (non-hydrogen) atoms. The lowest BCUT2D eigenvalue weighted by Crippen LogP contribution is -2.46. The van der Waals surface area contributed by atoms with Crippen molar-refractivity contribution in [3.8, 4) is 0 Å². The molecule has 1 aliphatic heterocycles. The molecule has 0 radical (unpaired) electrons. The molecular formula is C22H26FN3. The van der Waals surface area contributed by atoms with Crippen LogP contribution < -0.4 is 4.90 Å². The zero-order valence-corrected chi connectivity index (χ0v) is 15.1. The minimum atomic E-state index is -0.151. The van der Waals surface area contributed by atoms with Crippen molar-refractivity contribution in [1.29, 1.82) is 0 Å². The summed E-state index contributed by atoms with van der Waals surface area (Å²) in [7, 11) is 0. The summed E-state index contributed by atoms with van der Waals surface area (Å²) in [6.07, 6.45) is 5.42. The molecule has 0 bridgehead atoms. The predicted molar refractivity (Wildman–Crippen MR) is 106 cm³/mol. The number of benzene rings is 2. The van der Waals surface area contributed by atoms with Crippen LogP contribution in [0.5, 0.6) is 0 Å². The first kappa shape index (κ1) is 17.1. The number of anilines is 1. The zero-order valence-electron chi connectivity index (χ0n) is 15.1. The van der Waals surface area contributed by atoms with E-state index in [2.05, 4.69) is 39.0 Å². The Morgan fingerprint density at radius 1 is 0.885 bits per heavy atom. The maximum absolute atomic E-state index is 12.9. The van der Waals surface area contributed by atoms with Crippen LogP contribution in [0, 0.1) is 5.82 Å². The molecule has 0 atom stereocenters. The minimum Gasteiger partial charge on any atom is -0.368 e. The van der Waals surface area contributed by atoms with Gasteiger partial charge in [-0.05, 0) is 61.7 Å². The van der Waals surface area contributed by atoms with Gasteiger partial charge in [0.05, 0.1) is 0 Å². The number of piperazine rings is 1. The van der Waals surface area contributed by atoms with Gasteiger partial charge in [-0.1, -0.05) is 18.2 Å². The summed E-state index contributed by atoms with van der Waals surface area (Å²) < 4.78 is 12.9. The second-order valence-corrected chi connectivity index (χ2v) is 7.13. The van der Waals surface area contributed by atoms with Crippen molar-refractivity contribution in [3.63, 3.8) is 0 Å². The topological polar surface area (TPSA) is 22.3 Å². The van der Waals surface area contributed by atoms with E-state index in [1.165, 1.54) is 28.6 Å². The summed E-state index contributed by atoms with van der Waals surface area (Å²) in [5.41, 5.74) is 3.79. The molecule has 0 aliphatic carbocycles. The van der Waals surface area contributed by atoms with Crippen molar-refractivity contribution in [2.75, 3.05) is 37.6 Å². The maximum atomic E-state index is 12.9. The first-order valence-electron chi connectivity index (χ1n) is 9.57. The van der Waals surface area contributed by atoms with Gasteiger partial charge in [-0.25, -0.2) is 4.39 Å². The number of rotatable bonds is 6. The molecule has 1 aromatic heterocycles. The largest absolute Gasteiger partial charge is 0.368 e. The fourth-order valence-electron chi connectivity index (χ4n) is 3.87. The fourth-order valence-corrected chi connectivity index (χ4v) is 3.87. The summed E-state index contributed by atoms with van der Waals surface area (Å²) >= 11 is 0. The molecule has 4 heteroatoms. The Labute approximate surface area is 154 Å². The normalized spacial score (nSPS) is 15.7. The van der Waals surface area contributed by atoms with Gasteiger partial charge >= 0.3 is 0 Å². The monoisotopic (exact) mass is 351 g/mol. The molecule has 1 N–H and O–H groups in total. The number of aryl methyl sites for hydroxylation is 1. The number of nitrogens with one attached hydrogen (secondary N) is 1. The molecule has 136 valence electrons. The average molecular weight is 351 g/mol. The van der Waals surface area contributed by atoms with Crippen LogP contribution in [0.2, 0.25) is 0 Å². The van der Waals surface area contributed by atoms with E-state index in [-0.39, 0.29) is 5.82 Å². The SMILES string of the molecule is Fc1ccc(CCCCN2CCN(c3cccc4[nH]ccc34)CC2)cc1. The number of aromatic amines is 1. The summed E-state index contributed by atoms with van der Waals surface area (Å²) in [5, 5.41) is 1.32. The van der Waals surface area contributed by atoms with Gasteiger partial charge in [-0.15, -0.1) is 0 Å². The molecule has 0 unspecified atom stereocenters. The van der Waals surface area contributed by atoms with E-state index in [0.717, 1.165) is 45.6 Å². The molecule has 2 heterocycles. The number of fused-ring (bicyclic) bond motifs is 1. The third-order valence-electron chi connectivity index (χ3n) is 5.39. The van der Waals surface area contributed by atoms with Gasteiger partial charge in [0.2, 0.25) is 0 Å². The number of hydrogen-bond acceptors (Lipinski definition) is 2. The molecule has 0 amide bonds. The summed E-state index contributed by atoms with van der Waals surface area (Å²) in [5.74, 6) is -0.151. The molecule has 3 aromatic rings. The van der Waals surface area contributed by atoms with Crippen molar-refractivity contribution < 1.29 is 4.39 Å². The Hall–Kier alpha value is -2.33. The first-order chi connectivity index (χ1) is 12.8. The van der Waals surface area contributed by atoms with Gasteiger partial charge in [0.15, 0.2) is 0 Å². The third-order valence-corrected chi connectivity index (χ3v) is 5.39. The lowest BCUT2D eigenvalue weighted by molar-refractivity contribution is 0.253. The quantitative estimate of drug-likeness (QED) is 0.663. The summed E-state index contributed by atoms with van der Waals surface area (Å²) in [4.78, 5) is 8.37. The average Bonchev–Trinajstić information content (AvgIpc) is 3.16. The number of unbranched alkanes of at least 4 members (excludes halogenated alkanes) is 1. The van der Waals surface area contributed by atoms with Crippen molar-refractivity contribution >= 4 is 16.6 Å². The molecule has 0 spiro atoms. The van der Waals surface area contributed by atoms with Gasteiger partial charge in [-0.3, -0.25) is 4.90 Å². The van der Waals surface area contributed by atoms with Crippen LogP contribution in [0.4, 0.5) is 10.1 Å². The van der Waals surface area contributed by atoms with Crippen LogP contribution in [0.15, 0.2) is 54.7 Å². The Kier molecular flexibility index (Phi) is 5.21. The zero-order chi connectivity index (χ0) is 17.8. The van der Waals surface area contributed by atoms with Gasteiger partial charge in [0.25, 0.3) is 0 Å². The van der Waals surface area contributed by atoms with Gasteiger partial charge < -0.3 is 9.88 Å². The molecule has 4 rings (SSSR count). The fraction of sp³-hybridized carbons (Fsp3) is 0.364. The molecular weight excluding hydrogens is 325 g/mol. The lowest BCUT2D eigenvalue weighted by Gasteiger charge is -2.36. The van der Waals surface area contributed by atoms with Crippen molar-refractivity contribution in [2.45, 2.75) is 19.3 Å². The Bertz CT molecular complexity index is 832. The summed E-state index contributed by atoms with van der Waals surface area (Å²) in [6.45, 7) is 5.57. The van der Waals surface area contributed by atoms with Crippen molar-refractivity contribution in [1.82, 2.24) is 9.88 Å². The van der Waals surface area contributed by atoms with E-state index in [4.69, 9.17) is 0 Å². The van der Waals surface area contributed by atoms with Crippen molar-refractivity contribution in [3.05, 3.63) is 66.1 Å². The highest BCUT2D eigenvalue weighted by atomic mass is 19.1. The van der Waals surface area contributed by atoms with E-state index in [9.17, 15) is 4.39 Å². The van der Waals surface area contributed by atoms with Crippen LogP contribution in [0.3, 0.4) is 0 Å². The highest BCUT2D eigenvalue weighted by molar-refractivity contribution is 5.92. The van der Waals surface area contributed by atoms with Crippen molar-refractivity contribution in [2.24, 2.45) is 0 Å². The van der Waals surface area contributed by atoms with Crippen LogP contribution in [0.1, 0.15) is 18.4 Å². The molecule has 2 aromatic carbocycles. The predicted octanol–water partition coefficient (Wildman–Crippen LogP) is 4.45. The van der Waals surface area contributed by atoms with E-state index in [0.29, 0.717) is 0 Å². The van der Waals surface area contributed by atoms with Crippen LogP contribution in [-0.2, 0) is 6.42 Å². The van der Waals surface area contributed by atoms with Gasteiger partial charge in [-0.2, -0.15) is 0 Å². The van der Waals surface area contributed by atoms with Crippen LogP contribution >= 0.6 is 0 Å². The number of hydrogen-bond donors (Lipinski definition) is 1. The standard InChI is InChI=1S/C22H26FN3/c23-19-9-7-18(8-10-19)4-1-2-13-25-14-16-26(17-15-25)22-6-3-5-21-20(22)11-12-24-21/h3,5-12,24H,1-2,4,13-17H2. The van der Waals surface area contributed by atoms with Gasteiger partial charge in [0, 0.05) is 49.0 Å². The highest BCUT2D eigenvalue weighted by Gasteiger charge is 2.18. The van der Waals surface area contributed by atoms with E-state index in [1.54, 1.807) is 12.1 Å². The number of H-pyrrole nitrogens is 1. The molecule has 1 fully saturated rings. The Balaban J connectivity index is 1.22. The molecule has 3 nitrogen and oxygen atoms in total. The first-order valence-corrected chi connectivity index (χ1v) is 9.57. The van der Waals surface area contributed by atoms with Crippen LogP contribution in [-0.4, -0.2) is 42.6 Å². The van der Waals surface area contributed by atoms with E-state index >= 15 is 0 Å². The highest BCUT2D eigenvalue weighted by Crippen LogP contribution is 2.27. The Morgan fingerprint density at radius 2 is 1.69 bits per heavy atom. The van der Waals surface area contributed by atoms with Gasteiger partial charge in [0.1, 0.15) is 5.82 Å². The molecule has 1 aliphatic rings.